The van der Waals surface area contributed by atoms with E-state index in [1.807, 2.05) is 17.8 Å². The molecule has 9 heteroatoms. The molecule has 3 heterocycles. The van der Waals surface area contributed by atoms with Gasteiger partial charge in [0.25, 0.3) is 12.0 Å². The maximum absolute atomic E-state index is 14.4. The van der Waals surface area contributed by atoms with E-state index in [2.05, 4.69) is 15.3 Å². The van der Waals surface area contributed by atoms with Crippen LogP contribution >= 0.6 is 11.8 Å². The third-order valence-corrected chi connectivity index (χ3v) is 6.53. The molecule has 0 spiro atoms. The summed E-state index contributed by atoms with van der Waals surface area (Å²) in [5, 5.41) is 3.68. The topological polar surface area (TPSA) is 59.8 Å². The number of alkyl halides is 2. The summed E-state index contributed by atoms with van der Waals surface area (Å²) in [6.07, 6.45) is 0.323. The van der Waals surface area contributed by atoms with Crippen LogP contribution in [-0.4, -0.2) is 26.0 Å². The van der Waals surface area contributed by atoms with Gasteiger partial charge in [-0.25, -0.2) is 23.1 Å². The van der Waals surface area contributed by atoms with E-state index in [0.29, 0.717) is 16.9 Å². The van der Waals surface area contributed by atoms with E-state index in [9.17, 15) is 18.0 Å². The number of hydrogen-bond donors (Lipinski definition) is 1. The van der Waals surface area contributed by atoms with Crippen LogP contribution < -0.4 is 10.9 Å². The highest BCUT2D eigenvalue weighted by atomic mass is 32.2. The Morgan fingerprint density at radius 1 is 1.27 bits per heavy atom. The number of aryl methyl sites for hydroxylation is 1. The van der Waals surface area contributed by atoms with Gasteiger partial charge in [-0.3, -0.25) is 9.36 Å². The van der Waals surface area contributed by atoms with Crippen molar-refractivity contribution in [1.82, 2.24) is 14.5 Å². The Morgan fingerprint density at radius 2 is 2.03 bits per heavy atom. The summed E-state index contributed by atoms with van der Waals surface area (Å²) < 4.78 is 41.8. The number of anilines is 1. The van der Waals surface area contributed by atoms with Crippen molar-refractivity contribution in [2.45, 2.75) is 31.7 Å². The van der Waals surface area contributed by atoms with Gasteiger partial charge in [0.1, 0.15) is 23.6 Å². The Hall–Kier alpha value is -2.55. The lowest BCUT2D eigenvalue weighted by Crippen LogP contribution is -2.26. The molecule has 1 saturated heterocycles. The van der Waals surface area contributed by atoms with Crippen LogP contribution in [0.2, 0.25) is 0 Å². The first kappa shape index (κ1) is 20.7. The van der Waals surface area contributed by atoms with E-state index in [1.54, 1.807) is 7.05 Å². The van der Waals surface area contributed by atoms with Crippen LogP contribution in [0.3, 0.4) is 0 Å². The molecule has 0 saturated carbocycles. The molecule has 1 aliphatic heterocycles. The first-order chi connectivity index (χ1) is 14.5. The number of fused-ring (bicyclic) bond motifs is 1. The molecule has 0 amide bonds. The summed E-state index contributed by atoms with van der Waals surface area (Å²) in [5.74, 6) is 1.72. The third-order valence-electron chi connectivity index (χ3n) is 5.48. The van der Waals surface area contributed by atoms with Gasteiger partial charge in [-0.1, -0.05) is 18.2 Å². The molecule has 1 aliphatic rings. The maximum Gasteiger partial charge on any atom is 0.266 e. The zero-order chi connectivity index (χ0) is 21.3. The van der Waals surface area contributed by atoms with E-state index in [0.717, 1.165) is 36.0 Å². The Bertz CT molecular complexity index is 1130. The Balaban J connectivity index is 1.70. The number of nitrogens with one attached hydrogen (secondary N) is 1. The number of pyridine rings is 1. The minimum Gasteiger partial charge on any atom is -0.365 e. The molecule has 158 valence electrons. The molecule has 4 rings (SSSR count). The van der Waals surface area contributed by atoms with Crippen molar-refractivity contribution in [2.75, 3.05) is 16.8 Å². The fourth-order valence-electron chi connectivity index (χ4n) is 3.82. The predicted molar refractivity (Wildman–Crippen MR) is 113 cm³/mol. The number of nitrogens with zero attached hydrogens (tertiary/aromatic N) is 3. The van der Waals surface area contributed by atoms with Gasteiger partial charge in [-0.05, 0) is 36.3 Å². The Morgan fingerprint density at radius 3 is 2.77 bits per heavy atom. The number of hydrogen-bond acceptors (Lipinski definition) is 5. The first-order valence-electron chi connectivity index (χ1n) is 9.69. The summed E-state index contributed by atoms with van der Waals surface area (Å²) in [6, 6.07) is 5.77. The second-order valence-corrected chi connectivity index (χ2v) is 8.51. The summed E-state index contributed by atoms with van der Waals surface area (Å²) in [4.78, 5) is 21.4. The standard InChI is InChI=1S/C21H21F3N4OS/c1-28-20-16(9-15(21(28)29)12-5-7-30-8-6-12)19(26-11-27-20)25-10-13-3-2-4-14(17(13)22)18(23)24/h2-4,9,11-12,18H,5-8,10H2,1H3,(H,25,26,27). The molecule has 0 bridgehead atoms. The molecule has 5 nitrogen and oxygen atoms in total. The van der Waals surface area contributed by atoms with Crippen LogP contribution in [0.25, 0.3) is 11.0 Å². The lowest BCUT2D eigenvalue weighted by Gasteiger charge is -2.22. The second-order valence-electron chi connectivity index (χ2n) is 7.28. The minimum absolute atomic E-state index is 0.0171. The summed E-state index contributed by atoms with van der Waals surface area (Å²) >= 11 is 1.89. The molecule has 30 heavy (non-hydrogen) atoms. The van der Waals surface area contributed by atoms with E-state index in [1.165, 1.54) is 23.0 Å². The van der Waals surface area contributed by atoms with Crippen molar-refractivity contribution in [3.63, 3.8) is 0 Å². The predicted octanol–water partition coefficient (Wildman–Crippen LogP) is 4.63. The fraction of sp³-hybridized carbons (Fsp3) is 0.381. The van der Waals surface area contributed by atoms with Gasteiger partial charge in [-0.15, -0.1) is 0 Å². The minimum atomic E-state index is -2.88. The average molecular weight is 434 g/mol. The van der Waals surface area contributed by atoms with Crippen molar-refractivity contribution in [1.29, 1.82) is 0 Å². The lowest BCUT2D eigenvalue weighted by molar-refractivity contribution is 0.146. The van der Waals surface area contributed by atoms with Crippen molar-refractivity contribution in [2.24, 2.45) is 7.05 Å². The summed E-state index contributed by atoms with van der Waals surface area (Å²) in [5.41, 5.74) is 0.623. The van der Waals surface area contributed by atoms with Gasteiger partial charge in [-0.2, -0.15) is 11.8 Å². The number of thioether (sulfide) groups is 1. The highest BCUT2D eigenvalue weighted by Crippen LogP contribution is 2.32. The van der Waals surface area contributed by atoms with E-state index in [-0.39, 0.29) is 23.6 Å². The zero-order valence-corrected chi connectivity index (χ0v) is 17.2. The maximum atomic E-state index is 14.4. The van der Waals surface area contributed by atoms with E-state index < -0.39 is 17.8 Å². The van der Waals surface area contributed by atoms with Gasteiger partial charge < -0.3 is 5.32 Å². The smallest absolute Gasteiger partial charge is 0.266 e. The summed E-state index contributed by atoms with van der Waals surface area (Å²) in [6.45, 7) is -0.0171. The van der Waals surface area contributed by atoms with E-state index >= 15 is 0 Å². The average Bonchev–Trinajstić information content (AvgIpc) is 2.76. The van der Waals surface area contributed by atoms with Crippen molar-refractivity contribution >= 4 is 28.6 Å². The molecule has 3 aromatic rings. The molecule has 0 aliphatic carbocycles. The molecule has 2 aromatic heterocycles. The molecular formula is C21H21F3N4OS. The summed E-state index contributed by atoms with van der Waals surface area (Å²) in [7, 11) is 1.67. The molecular weight excluding hydrogens is 413 g/mol. The first-order valence-corrected chi connectivity index (χ1v) is 10.8. The molecule has 0 radical (unpaired) electrons. The zero-order valence-electron chi connectivity index (χ0n) is 16.4. The van der Waals surface area contributed by atoms with Crippen LogP contribution in [0.4, 0.5) is 19.0 Å². The number of aromatic nitrogens is 3. The van der Waals surface area contributed by atoms with Crippen LogP contribution in [-0.2, 0) is 13.6 Å². The highest BCUT2D eigenvalue weighted by molar-refractivity contribution is 7.99. The van der Waals surface area contributed by atoms with Gasteiger partial charge in [0.15, 0.2) is 0 Å². The van der Waals surface area contributed by atoms with E-state index in [4.69, 9.17) is 0 Å². The molecule has 1 N–H and O–H groups in total. The monoisotopic (exact) mass is 434 g/mol. The normalized spacial score (nSPS) is 15.1. The van der Waals surface area contributed by atoms with Gasteiger partial charge in [0, 0.05) is 24.7 Å². The van der Waals surface area contributed by atoms with Gasteiger partial charge >= 0.3 is 0 Å². The number of rotatable bonds is 5. The van der Waals surface area contributed by atoms with Crippen molar-refractivity contribution in [3.8, 4) is 0 Å². The quantitative estimate of drug-likeness (QED) is 0.635. The lowest BCUT2D eigenvalue weighted by atomic mass is 9.94. The van der Waals surface area contributed by atoms with Crippen LogP contribution in [0, 0.1) is 5.82 Å². The SMILES string of the molecule is Cn1c(=O)c(C2CCSCC2)cc2c(NCc3cccc(C(F)F)c3F)ncnc21. The molecule has 0 atom stereocenters. The van der Waals surface area contributed by atoms with Crippen LogP contribution in [0.5, 0.6) is 0 Å². The largest absolute Gasteiger partial charge is 0.365 e. The van der Waals surface area contributed by atoms with Crippen molar-refractivity contribution < 1.29 is 13.2 Å². The Labute approximate surface area is 175 Å². The molecule has 1 fully saturated rings. The molecule has 0 unspecified atom stereocenters. The van der Waals surface area contributed by atoms with Crippen LogP contribution in [0.15, 0.2) is 35.4 Å². The van der Waals surface area contributed by atoms with Gasteiger partial charge in [0.2, 0.25) is 0 Å². The number of benzene rings is 1. The fourth-order valence-corrected chi connectivity index (χ4v) is 4.93. The molecule has 1 aromatic carbocycles. The van der Waals surface area contributed by atoms with Crippen molar-refractivity contribution in [3.05, 3.63) is 63.5 Å². The van der Waals surface area contributed by atoms with Crippen LogP contribution in [0.1, 0.15) is 41.9 Å². The highest BCUT2D eigenvalue weighted by Gasteiger charge is 2.22. The van der Waals surface area contributed by atoms with Gasteiger partial charge in [0.05, 0.1) is 10.9 Å². The number of halogens is 3. The second kappa shape index (κ2) is 8.67. The third kappa shape index (κ3) is 3.90. The Kier molecular flexibility index (Phi) is 5.99.